The van der Waals surface area contributed by atoms with Gasteiger partial charge in [-0.15, -0.1) is 0 Å². The number of carbonyl (C=O) groups is 1. The minimum atomic E-state index is -0.655. The number of rotatable bonds is 6. The van der Waals surface area contributed by atoms with Gasteiger partial charge >= 0.3 is 0 Å². The minimum Gasteiger partial charge on any atom is -0.457 e. The Hall–Kier alpha value is -2.37. The van der Waals surface area contributed by atoms with Crippen molar-refractivity contribution >= 4 is 5.91 Å². The molecule has 0 unspecified atom stereocenters. The highest BCUT2D eigenvalue weighted by Gasteiger charge is 2.11. The molecular weight excluding hydrogens is 270 g/mol. The van der Waals surface area contributed by atoms with E-state index in [9.17, 15) is 4.79 Å². The normalized spacial score (nSPS) is 10.4. The molecule has 0 bridgehead atoms. The van der Waals surface area contributed by atoms with Crippen molar-refractivity contribution < 1.29 is 19.7 Å². The van der Waals surface area contributed by atoms with Crippen LogP contribution < -0.4 is 10.1 Å². The molecule has 2 aromatic carbocycles. The lowest BCUT2D eigenvalue weighted by atomic mass is 10.2. The topological polar surface area (TPSA) is 78.8 Å². The van der Waals surface area contributed by atoms with Gasteiger partial charge in [0.05, 0.1) is 19.3 Å². The molecule has 0 aromatic heterocycles. The Labute approximate surface area is 122 Å². The molecule has 2 rings (SSSR count). The molecule has 110 valence electrons. The summed E-state index contributed by atoms with van der Waals surface area (Å²) in [5.74, 6) is 0.989. The molecule has 0 aliphatic rings. The van der Waals surface area contributed by atoms with Crippen molar-refractivity contribution in [1.82, 2.24) is 5.32 Å². The monoisotopic (exact) mass is 287 g/mol. The van der Waals surface area contributed by atoms with Crippen molar-refractivity contribution in [3.63, 3.8) is 0 Å². The third-order valence-electron chi connectivity index (χ3n) is 2.87. The van der Waals surface area contributed by atoms with E-state index in [0.717, 1.165) is 5.75 Å². The molecule has 0 spiro atoms. The molecule has 3 N–H and O–H groups in total. The van der Waals surface area contributed by atoms with Crippen LogP contribution in [0.5, 0.6) is 11.5 Å². The number of carbonyl (C=O) groups excluding carboxylic acids is 1. The lowest BCUT2D eigenvalue weighted by Gasteiger charge is -2.13. The predicted octanol–water partition coefficient (Wildman–Crippen LogP) is 1.56. The highest BCUT2D eigenvalue weighted by atomic mass is 16.5. The van der Waals surface area contributed by atoms with Gasteiger partial charge in [0.15, 0.2) is 0 Å². The van der Waals surface area contributed by atoms with Crippen LogP contribution in [0.25, 0.3) is 0 Å². The van der Waals surface area contributed by atoms with Crippen LogP contribution in [-0.4, -0.2) is 35.4 Å². The molecule has 0 atom stereocenters. The Morgan fingerprint density at radius 2 is 1.52 bits per heavy atom. The molecule has 0 radical (unpaired) electrons. The Balaban J connectivity index is 2.00. The summed E-state index contributed by atoms with van der Waals surface area (Å²) in [6.07, 6.45) is 0. The number of para-hydroxylation sites is 1. The summed E-state index contributed by atoms with van der Waals surface area (Å²) in [4.78, 5) is 11.9. The average Bonchev–Trinajstić information content (AvgIpc) is 2.54. The first-order chi connectivity index (χ1) is 10.2. The maximum atomic E-state index is 11.9. The quantitative estimate of drug-likeness (QED) is 0.753. The fourth-order valence-corrected chi connectivity index (χ4v) is 1.72. The van der Waals surface area contributed by atoms with Crippen LogP contribution in [0, 0.1) is 0 Å². The lowest BCUT2D eigenvalue weighted by Crippen LogP contribution is -2.40. The summed E-state index contributed by atoms with van der Waals surface area (Å²) >= 11 is 0. The summed E-state index contributed by atoms with van der Waals surface area (Å²) in [7, 11) is 0. The van der Waals surface area contributed by atoms with Gasteiger partial charge in [0.2, 0.25) is 0 Å². The zero-order chi connectivity index (χ0) is 15.1. The van der Waals surface area contributed by atoms with E-state index in [4.69, 9.17) is 14.9 Å². The smallest absolute Gasteiger partial charge is 0.251 e. The standard InChI is InChI=1S/C16H17NO4/c18-10-13(11-19)17-16(20)12-6-8-15(9-7-12)21-14-4-2-1-3-5-14/h1-9,13,18-19H,10-11H2,(H,17,20). The van der Waals surface area contributed by atoms with Crippen molar-refractivity contribution in [3.05, 3.63) is 60.2 Å². The Morgan fingerprint density at radius 1 is 0.952 bits per heavy atom. The lowest BCUT2D eigenvalue weighted by molar-refractivity contribution is 0.0879. The summed E-state index contributed by atoms with van der Waals surface area (Å²) < 4.78 is 5.62. The Kier molecular flexibility index (Phi) is 5.31. The first kappa shape index (κ1) is 15.0. The minimum absolute atomic E-state index is 0.308. The van der Waals surface area contributed by atoms with E-state index < -0.39 is 6.04 Å². The molecule has 1 amide bonds. The van der Waals surface area contributed by atoms with E-state index in [1.54, 1.807) is 24.3 Å². The van der Waals surface area contributed by atoms with Crippen molar-refractivity contribution in [2.24, 2.45) is 0 Å². The number of hydrogen-bond acceptors (Lipinski definition) is 4. The molecule has 5 nitrogen and oxygen atoms in total. The SMILES string of the molecule is O=C(NC(CO)CO)c1ccc(Oc2ccccc2)cc1. The second kappa shape index (κ2) is 7.42. The predicted molar refractivity (Wildman–Crippen MR) is 78.4 cm³/mol. The van der Waals surface area contributed by atoms with Crippen LogP contribution in [0.4, 0.5) is 0 Å². The average molecular weight is 287 g/mol. The summed E-state index contributed by atoms with van der Waals surface area (Å²) in [5.41, 5.74) is 0.433. The molecule has 0 fully saturated rings. The zero-order valence-corrected chi connectivity index (χ0v) is 11.4. The van der Waals surface area contributed by atoms with Crippen LogP contribution >= 0.6 is 0 Å². The summed E-state index contributed by atoms with van der Waals surface area (Å²) in [6, 6.07) is 15.3. The highest BCUT2D eigenvalue weighted by molar-refractivity contribution is 5.94. The van der Waals surface area contributed by atoms with Gasteiger partial charge < -0.3 is 20.3 Å². The fraction of sp³-hybridized carbons (Fsp3) is 0.188. The number of nitrogens with one attached hydrogen (secondary N) is 1. The molecule has 5 heteroatoms. The number of aliphatic hydroxyl groups is 2. The van der Waals surface area contributed by atoms with E-state index >= 15 is 0 Å². The van der Waals surface area contributed by atoms with Gasteiger partial charge in [-0.1, -0.05) is 18.2 Å². The molecule has 2 aromatic rings. The molecule has 0 aliphatic heterocycles. The van der Waals surface area contributed by atoms with E-state index in [0.29, 0.717) is 11.3 Å². The second-order valence-electron chi connectivity index (χ2n) is 4.48. The Bertz CT molecular complexity index is 565. The van der Waals surface area contributed by atoms with Crippen molar-refractivity contribution in [3.8, 4) is 11.5 Å². The van der Waals surface area contributed by atoms with Crippen LogP contribution in [-0.2, 0) is 0 Å². The fourth-order valence-electron chi connectivity index (χ4n) is 1.72. The van der Waals surface area contributed by atoms with Crippen molar-refractivity contribution in [2.45, 2.75) is 6.04 Å². The number of ether oxygens (including phenoxy) is 1. The van der Waals surface area contributed by atoms with Crippen molar-refractivity contribution in [1.29, 1.82) is 0 Å². The van der Waals surface area contributed by atoms with Crippen LogP contribution in [0.2, 0.25) is 0 Å². The molecule has 21 heavy (non-hydrogen) atoms. The maximum Gasteiger partial charge on any atom is 0.251 e. The maximum absolute atomic E-state index is 11.9. The van der Waals surface area contributed by atoms with Gasteiger partial charge in [0.1, 0.15) is 11.5 Å². The number of aliphatic hydroxyl groups excluding tert-OH is 2. The Morgan fingerprint density at radius 3 is 2.10 bits per heavy atom. The molecule has 0 saturated heterocycles. The van der Waals surface area contributed by atoms with E-state index in [1.165, 1.54) is 0 Å². The molecule has 0 aliphatic carbocycles. The summed E-state index contributed by atoms with van der Waals surface area (Å²) in [5, 5.41) is 20.4. The van der Waals surface area contributed by atoms with Gasteiger partial charge in [-0.25, -0.2) is 0 Å². The van der Waals surface area contributed by atoms with Gasteiger partial charge in [-0.05, 0) is 36.4 Å². The number of hydrogen-bond donors (Lipinski definition) is 3. The zero-order valence-electron chi connectivity index (χ0n) is 11.4. The molecule has 0 heterocycles. The number of amides is 1. The van der Waals surface area contributed by atoms with Crippen LogP contribution in [0.3, 0.4) is 0 Å². The van der Waals surface area contributed by atoms with Crippen molar-refractivity contribution in [2.75, 3.05) is 13.2 Å². The van der Waals surface area contributed by atoms with Crippen LogP contribution in [0.15, 0.2) is 54.6 Å². The van der Waals surface area contributed by atoms with Crippen LogP contribution in [0.1, 0.15) is 10.4 Å². The third kappa shape index (κ3) is 4.30. The van der Waals surface area contributed by atoms with Gasteiger partial charge in [0, 0.05) is 5.56 Å². The van der Waals surface area contributed by atoms with Gasteiger partial charge in [-0.3, -0.25) is 4.79 Å². The van der Waals surface area contributed by atoms with E-state index in [1.807, 2.05) is 30.3 Å². The number of benzene rings is 2. The first-order valence-corrected chi connectivity index (χ1v) is 6.58. The molecule has 0 saturated carbocycles. The third-order valence-corrected chi connectivity index (χ3v) is 2.87. The second-order valence-corrected chi connectivity index (χ2v) is 4.48. The largest absolute Gasteiger partial charge is 0.457 e. The van der Waals surface area contributed by atoms with Gasteiger partial charge in [-0.2, -0.15) is 0 Å². The van der Waals surface area contributed by atoms with E-state index in [2.05, 4.69) is 5.32 Å². The molecular formula is C16H17NO4. The summed E-state index contributed by atoms with van der Waals surface area (Å²) in [6.45, 7) is -0.616. The van der Waals surface area contributed by atoms with Gasteiger partial charge in [0.25, 0.3) is 5.91 Å². The first-order valence-electron chi connectivity index (χ1n) is 6.58. The van der Waals surface area contributed by atoms with E-state index in [-0.39, 0.29) is 19.1 Å². The highest BCUT2D eigenvalue weighted by Crippen LogP contribution is 2.21.